The zero-order valence-corrected chi connectivity index (χ0v) is 50.9. The predicted octanol–water partition coefficient (Wildman–Crippen LogP) is 8.86. The van der Waals surface area contributed by atoms with Gasteiger partial charge in [0, 0.05) is 55.7 Å². The van der Waals surface area contributed by atoms with Gasteiger partial charge in [-0.15, -0.1) is 0 Å². The molecule has 0 fully saturated rings. The largest absolute Gasteiger partial charge is 0.484 e. The number of nitrogens with one attached hydrogen (secondary N) is 3. The van der Waals surface area contributed by atoms with E-state index in [1.54, 1.807) is 36.4 Å². The molecule has 442 valence electrons. The zero-order chi connectivity index (χ0) is 58.0. The minimum absolute atomic E-state index is 0.0550. The third kappa shape index (κ3) is 19.1. The molecule has 80 heavy (non-hydrogen) atoms. The first-order valence-electron chi connectivity index (χ1n) is 27.7. The van der Waals surface area contributed by atoms with Crippen LogP contribution in [-0.4, -0.2) is 157 Å². The van der Waals surface area contributed by atoms with Gasteiger partial charge in [-0.3, -0.25) is 4.79 Å². The zero-order valence-electron chi connectivity index (χ0n) is 47.8. The summed E-state index contributed by atoms with van der Waals surface area (Å²) in [6.45, 7) is 11.1. The molecule has 0 aliphatic heterocycles. The molecule has 0 heterocycles. The summed E-state index contributed by atoms with van der Waals surface area (Å²) in [6.07, 6.45) is 5.32. The van der Waals surface area contributed by atoms with Crippen LogP contribution in [0.1, 0.15) is 102 Å². The number of ketones is 1. The van der Waals surface area contributed by atoms with Gasteiger partial charge in [-0.25, -0.2) is 26.4 Å². The fourth-order valence-electron chi connectivity index (χ4n) is 10.1. The first-order valence-corrected chi connectivity index (χ1v) is 31.6. The van der Waals surface area contributed by atoms with Crippen LogP contribution in [0.2, 0.25) is 10.0 Å². The Bertz CT molecular complexity index is 2730. The molecule has 0 saturated carbocycles. The fourth-order valence-corrected chi connectivity index (χ4v) is 13.1. The van der Waals surface area contributed by atoms with Gasteiger partial charge in [-0.2, -0.15) is 0 Å². The molecular weight excluding hydrogens is 1110 g/mol. The molecule has 4 aromatic carbocycles. The lowest BCUT2D eigenvalue weighted by molar-refractivity contribution is -0.119. The van der Waals surface area contributed by atoms with E-state index in [1.165, 1.54) is 11.1 Å². The van der Waals surface area contributed by atoms with E-state index in [1.807, 2.05) is 66.3 Å². The molecule has 2 aliphatic rings. The molecule has 0 radical (unpaired) electrons. The summed E-state index contributed by atoms with van der Waals surface area (Å²) in [5, 5.41) is 6.90. The van der Waals surface area contributed by atoms with E-state index in [2.05, 4.69) is 39.0 Å². The maximum Gasteiger partial charge on any atom is 0.314 e. The third-order valence-electron chi connectivity index (χ3n) is 14.6. The van der Waals surface area contributed by atoms with Crippen molar-refractivity contribution in [2.75, 3.05) is 106 Å². The number of hydrogen-bond acceptors (Lipinski definition) is 14. The van der Waals surface area contributed by atoms with Crippen LogP contribution in [0.25, 0.3) is 0 Å². The molecule has 0 aromatic heterocycles. The fraction of sp³-hybridized carbons (Fsp3) is 0.559. The number of ether oxygens (including phenoxy) is 6. The average molecular weight is 1190 g/mol. The number of unbranched alkanes of at least 4 members (excludes halogenated alkanes) is 2. The van der Waals surface area contributed by atoms with Gasteiger partial charge in [-0.05, 0) is 200 Å². The number of halogens is 2. The summed E-state index contributed by atoms with van der Waals surface area (Å²) in [7, 11) is 0.802. The number of likely N-dealkylation sites (N-methyl/N-ethyl adjacent to an activating group) is 2. The Hall–Kier alpha value is -4.38. The number of carbonyl (C=O) groups excluding carboxylic acids is 2. The highest BCUT2D eigenvalue weighted by Gasteiger charge is 2.39. The number of sulfonamides is 1. The van der Waals surface area contributed by atoms with Gasteiger partial charge in [0.2, 0.25) is 10.0 Å². The van der Waals surface area contributed by atoms with Crippen LogP contribution in [0.4, 0.5) is 4.79 Å². The van der Waals surface area contributed by atoms with Crippen molar-refractivity contribution in [2.24, 2.45) is 0 Å². The highest BCUT2D eigenvalue weighted by Crippen LogP contribution is 2.43. The lowest BCUT2D eigenvalue weighted by Crippen LogP contribution is -2.37. The van der Waals surface area contributed by atoms with Crippen molar-refractivity contribution in [2.45, 2.75) is 120 Å². The lowest BCUT2D eigenvalue weighted by Gasteiger charge is -2.28. The van der Waals surface area contributed by atoms with Crippen LogP contribution in [0.15, 0.2) is 70.5 Å². The minimum atomic E-state index is -3.78. The molecule has 0 bridgehead atoms. The van der Waals surface area contributed by atoms with Crippen LogP contribution < -0.4 is 24.8 Å². The molecule has 0 saturated heterocycles. The van der Waals surface area contributed by atoms with Crippen LogP contribution in [0.3, 0.4) is 0 Å². The van der Waals surface area contributed by atoms with Gasteiger partial charge in [0.25, 0.3) is 0 Å². The summed E-state index contributed by atoms with van der Waals surface area (Å²) >= 11 is 12.8. The van der Waals surface area contributed by atoms with Gasteiger partial charge in [0.05, 0.1) is 67.3 Å². The Labute approximate surface area is 485 Å². The molecule has 2 aliphatic carbocycles. The van der Waals surface area contributed by atoms with Gasteiger partial charge in [0.1, 0.15) is 29.5 Å². The van der Waals surface area contributed by atoms with Crippen molar-refractivity contribution < 1.29 is 54.8 Å². The Balaban J connectivity index is 0.708. The van der Waals surface area contributed by atoms with Crippen LogP contribution in [-0.2, 0) is 56.4 Å². The number of amides is 2. The Kier molecular flexibility index (Phi) is 25.4. The molecule has 6 rings (SSSR count). The highest BCUT2D eigenvalue weighted by atomic mass is 35.5. The Morgan fingerprint density at radius 1 is 0.537 bits per heavy atom. The van der Waals surface area contributed by atoms with E-state index in [0.29, 0.717) is 106 Å². The summed E-state index contributed by atoms with van der Waals surface area (Å²) in [6, 6.07) is 17.7. The number of benzene rings is 4. The number of carbonyl (C=O) groups is 2. The number of fused-ring (bicyclic) bond motifs is 2. The van der Waals surface area contributed by atoms with Crippen LogP contribution >= 0.6 is 23.2 Å². The smallest absolute Gasteiger partial charge is 0.314 e. The molecule has 3 N–H and O–H groups in total. The van der Waals surface area contributed by atoms with E-state index >= 15 is 0 Å². The number of nitrogens with zero attached hydrogens (tertiary/aromatic N) is 2. The Morgan fingerprint density at radius 3 is 1.55 bits per heavy atom. The minimum Gasteiger partial charge on any atom is -0.484 e. The second kappa shape index (κ2) is 31.3. The quantitative estimate of drug-likeness (QED) is 0.0369. The van der Waals surface area contributed by atoms with Crippen molar-refractivity contribution in [1.29, 1.82) is 0 Å². The summed E-state index contributed by atoms with van der Waals surface area (Å²) in [5.41, 5.74) is 8.31. The Morgan fingerprint density at radius 2 is 1.01 bits per heavy atom. The number of Topliss-reactive ketones (excluding diaryl/α,β-unsaturated/α-hetero) is 1. The van der Waals surface area contributed by atoms with Crippen LogP contribution in [0, 0.1) is 27.7 Å². The molecule has 2 amide bonds. The monoisotopic (exact) mass is 1190 g/mol. The normalized spacial score (nSPS) is 17.0. The standard InChI is InChI=1S/C59H83Cl2N5O12S2/c1-40-32-44(60)36-51-49(40)38-53(65(5)6)57(51)77-55-18-16-47(34-42(55)3)79(69,70)31-13-24-74-28-29-75-25-21-63-59(68)62-20-11-9-10-14-46(67)15-12-23-73-27-30-76-26-22-64-80(71,72)48-17-19-56(43(4)35-48)78-58-52-37-45(61)33-41(2)50(52)39-54(58)66(7)8/h16-19,32-37,53-54,57-58,64H,9-15,20-31,38-39H2,1-8H3,(H2,62,63,68)/t53-,54-,57-,58-/m0/s1. The SMILES string of the molecule is Cc1cc(S(=O)(=O)CCCOCCOCCNC(=O)NCCCCCC(=O)CCCOCCOCCNS(=O)(=O)c2ccc(O[C@H]3c4cc(Cl)cc(C)c4C[C@@H]3N(C)C)c(C)c2)ccc1O[C@H]1c2cc(Cl)cc(C)c2C[C@@H]1N(C)C. The number of rotatable bonds is 35. The van der Waals surface area contributed by atoms with E-state index in [0.717, 1.165) is 59.9 Å². The molecular formula is C59H83Cl2N5O12S2. The summed E-state index contributed by atoms with van der Waals surface area (Å²) in [5.74, 6) is 1.36. The van der Waals surface area contributed by atoms with Crippen molar-refractivity contribution in [3.63, 3.8) is 0 Å². The van der Waals surface area contributed by atoms with Gasteiger partial charge < -0.3 is 48.9 Å². The molecule has 0 unspecified atom stereocenters. The second-order valence-corrected chi connectivity index (χ2v) is 25.9. The maximum atomic E-state index is 13.2. The molecule has 0 spiro atoms. The maximum absolute atomic E-state index is 13.2. The van der Waals surface area contributed by atoms with E-state index in [9.17, 15) is 26.4 Å². The first-order chi connectivity index (χ1) is 38.1. The van der Waals surface area contributed by atoms with Crippen molar-refractivity contribution in [3.05, 3.63) is 115 Å². The van der Waals surface area contributed by atoms with Crippen molar-refractivity contribution >= 4 is 54.9 Å². The topological polar surface area (TPSA) is 200 Å². The van der Waals surface area contributed by atoms with Gasteiger partial charge >= 0.3 is 6.03 Å². The molecule has 4 aromatic rings. The molecule has 4 atom stereocenters. The average Bonchev–Trinajstić information content (AvgIpc) is 3.95. The number of hydrogen-bond donors (Lipinski definition) is 3. The number of sulfone groups is 1. The summed E-state index contributed by atoms with van der Waals surface area (Å²) < 4.78 is 90.5. The molecule has 21 heteroatoms. The second-order valence-electron chi connectivity index (χ2n) is 21.1. The van der Waals surface area contributed by atoms with Crippen LogP contribution in [0.5, 0.6) is 11.5 Å². The first kappa shape index (κ1) is 64.8. The van der Waals surface area contributed by atoms with Crippen molar-refractivity contribution in [1.82, 2.24) is 25.2 Å². The van der Waals surface area contributed by atoms with Gasteiger partial charge in [0.15, 0.2) is 9.84 Å². The highest BCUT2D eigenvalue weighted by molar-refractivity contribution is 7.91. The third-order valence-corrected chi connectivity index (χ3v) is 18.3. The number of urea groups is 1. The number of aryl methyl sites for hydroxylation is 4. The van der Waals surface area contributed by atoms with E-state index < -0.39 is 19.9 Å². The summed E-state index contributed by atoms with van der Waals surface area (Å²) in [4.78, 5) is 29.2. The molecule has 17 nitrogen and oxygen atoms in total. The van der Waals surface area contributed by atoms with Gasteiger partial charge in [-0.1, -0.05) is 29.6 Å². The van der Waals surface area contributed by atoms with E-state index in [4.69, 9.17) is 51.6 Å². The van der Waals surface area contributed by atoms with E-state index in [-0.39, 0.29) is 71.4 Å². The lowest BCUT2D eigenvalue weighted by atomic mass is 10.0. The van der Waals surface area contributed by atoms with Crippen molar-refractivity contribution in [3.8, 4) is 11.5 Å². The predicted molar refractivity (Wildman–Crippen MR) is 313 cm³/mol.